The Labute approximate surface area is 200 Å². The van der Waals surface area contributed by atoms with Crippen LogP contribution in [0.15, 0.2) is 12.1 Å². The van der Waals surface area contributed by atoms with E-state index in [0.29, 0.717) is 12.4 Å². The number of nitrogens with one attached hydrogen (secondary N) is 1. The van der Waals surface area contributed by atoms with E-state index in [-0.39, 0.29) is 42.4 Å². The number of Topliss-reactive ketones (excluding diaryl/α,β-unsaturated/α-hetero) is 1. The Morgan fingerprint density at radius 1 is 1.28 bits per heavy atom. The van der Waals surface area contributed by atoms with Crippen LogP contribution in [0, 0.1) is 0 Å². The molecule has 1 atom stereocenters. The van der Waals surface area contributed by atoms with Crippen LogP contribution >= 0.6 is 34.8 Å². The summed E-state index contributed by atoms with van der Waals surface area (Å²) in [4.78, 5) is 38.6. The molecule has 0 aromatic heterocycles. The Morgan fingerprint density at radius 3 is 2.59 bits per heavy atom. The first-order valence-electron chi connectivity index (χ1n) is 9.88. The summed E-state index contributed by atoms with van der Waals surface area (Å²) < 4.78 is 14.1. The number of ketones is 1. The van der Waals surface area contributed by atoms with Crippen molar-refractivity contribution in [1.29, 1.82) is 0 Å². The van der Waals surface area contributed by atoms with Gasteiger partial charge >= 0.3 is 6.09 Å². The molecule has 2 rings (SSSR count). The third kappa shape index (κ3) is 7.30. The number of hydrogen-bond acceptors (Lipinski definition) is 7. The number of alkyl halides is 3. The van der Waals surface area contributed by atoms with Crippen LogP contribution in [0.3, 0.4) is 0 Å². The van der Waals surface area contributed by atoms with Crippen LogP contribution in [-0.2, 0) is 9.53 Å². The summed E-state index contributed by atoms with van der Waals surface area (Å²) in [5, 5.41) is 12.0. The number of halogens is 3. The number of nitrogens with zero attached hydrogens (tertiary/aromatic N) is 1. The van der Waals surface area contributed by atoms with Gasteiger partial charge in [0.2, 0.25) is 3.79 Å². The summed E-state index contributed by atoms with van der Waals surface area (Å²) in [5.41, 5.74) is 0.0660. The fourth-order valence-electron chi connectivity index (χ4n) is 3.04. The normalized spacial score (nSPS) is 16.1. The third-order valence-corrected chi connectivity index (χ3v) is 4.94. The Morgan fingerprint density at radius 2 is 2.00 bits per heavy atom. The van der Waals surface area contributed by atoms with Crippen molar-refractivity contribution in [2.75, 3.05) is 38.8 Å². The number of anilines is 1. The molecule has 0 saturated carbocycles. The van der Waals surface area contributed by atoms with Crippen LogP contribution in [0.1, 0.15) is 36.5 Å². The quantitative estimate of drug-likeness (QED) is 0.385. The zero-order valence-corrected chi connectivity index (χ0v) is 19.9. The average Bonchev–Trinajstić information content (AvgIpc) is 3.12. The maximum absolute atomic E-state index is 13.2. The minimum atomic E-state index is -1.81. The van der Waals surface area contributed by atoms with E-state index in [1.807, 2.05) is 6.92 Å². The Kier molecular flexibility index (Phi) is 9.69. The minimum Gasteiger partial charge on any atom is -0.493 e. The first kappa shape index (κ1) is 26.3. The van der Waals surface area contributed by atoms with Gasteiger partial charge in [-0.05, 0) is 12.5 Å². The fraction of sp³-hybridized carbons (Fsp3) is 0.550. The van der Waals surface area contributed by atoms with Crippen molar-refractivity contribution in [3.63, 3.8) is 0 Å². The highest BCUT2D eigenvalue weighted by atomic mass is 35.6. The summed E-state index contributed by atoms with van der Waals surface area (Å²) in [6.45, 7) is 1.35. The molecule has 12 heteroatoms. The number of benzene rings is 1. The number of aliphatic hydroxyl groups excluding tert-OH is 1. The van der Waals surface area contributed by atoms with Crippen LogP contribution in [0.25, 0.3) is 0 Å². The molecule has 2 amide bonds. The van der Waals surface area contributed by atoms with Crippen LogP contribution in [0.5, 0.6) is 11.5 Å². The van der Waals surface area contributed by atoms with Gasteiger partial charge in [-0.1, -0.05) is 48.1 Å². The standard InChI is InChI=1S/C20H25Cl3N2O7/c1-3-4-5-31-17-8-15(24-19(29)32-11-20(21,22)23)14(7-16(17)30-2)18(28)25-9-13(27)6-12(25)10-26/h7-8,12,26H,3-6,9-11H2,1-2H3,(H,24,29)/t12-/m0/s1. The van der Waals surface area contributed by atoms with E-state index in [1.54, 1.807) is 0 Å². The van der Waals surface area contributed by atoms with E-state index in [9.17, 15) is 19.5 Å². The molecule has 0 spiro atoms. The molecule has 1 fully saturated rings. The lowest BCUT2D eigenvalue weighted by atomic mass is 10.1. The molecule has 178 valence electrons. The monoisotopic (exact) mass is 510 g/mol. The highest BCUT2D eigenvalue weighted by Crippen LogP contribution is 2.35. The smallest absolute Gasteiger partial charge is 0.411 e. The predicted molar refractivity (Wildman–Crippen MR) is 120 cm³/mol. The van der Waals surface area contributed by atoms with Gasteiger partial charge < -0.3 is 24.2 Å². The number of likely N-dealkylation sites (tertiary alicyclic amines) is 1. The first-order chi connectivity index (χ1) is 15.1. The number of amides is 2. The molecule has 32 heavy (non-hydrogen) atoms. The minimum absolute atomic E-state index is 0.0173. The molecule has 9 nitrogen and oxygen atoms in total. The average molecular weight is 512 g/mol. The topological polar surface area (TPSA) is 114 Å². The molecule has 1 aromatic rings. The molecule has 1 heterocycles. The van der Waals surface area contributed by atoms with Gasteiger partial charge in [0.1, 0.15) is 6.61 Å². The van der Waals surface area contributed by atoms with Gasteiger partial charge in [-0.25, -0.2) is 4.79 Å². The van der Waals surface area contributed by atoms with Crippen molar-refractivity contribution in [2.45, 2.75) is 36.0 Å². The SMILES string of the molecule is CCCCOc1cc(NC(=O)OCC(Cl)(Cl)Cl)c(C(=O)N2CC(=O)C[C@H]2CO)cc1OC. The number of ether oxygens (including phenoxy) is 3. The van der Waals surface area contributed by atoms with Gasteiger partial charge in [0, 0.05) is 12.5 Å². The van der Waals surface area contributed by atoms with Crippen molar-refractivity contribution in [3.8, 4) is 11.5 Å². The summed E-state index contributed by atoms with van der Waals surface area (Å²) >= 11 is 16.8. The first-order valence-corrected chi connectivity index (χ1v) is 11.0. The van der Waals surface area contributed by atoms with Crippen molar-refractivity contribution < 1.29 is 33.7 Å². The summed E-state index contributed by atoms with van der Waals surface area (Å²) in [5.74, 6) is -0.202. The molecule has 0 radical (unpaired) electrons. The van der Waals surface area contributed by atoms with Gasteiger partial charge in [-0.2, -0.15) is 0 Å². The number of hydrogen-bond donors (Lipinski definition) is 2. The van der Waals surface area contributed by atoms with E-state index < -0.39 is 28.4 Å². The number of methoxy groups -OCH3 is 1. The summed E-state index contributed by atoms with van der Waals surface area (Å²) in [6.07, 6.45) is 0.766. The van der Waals surface area contributed by atoms with Crippen LogP contribution in [0.4, 0.5) is 10.5 Å². The van der Waals surface area contributed by atoms with Gasteiger partial charge in [0.25, 0.3) is 5.91 Å². The second kappa shape index (κ2) is 11.8. The Bertz CT molecular complexity index is 845. The predicted octanol–water partition coefficient (Wildman–Crippen LogP) is 3.57. The summed E-state index contributed by atoms with van der Waals surface area (Å²) in [7, 11) is 1.41. The highest BCUT2D eigenvalue weighted by Gasteiger charge is 2.35. The molecule has 2 N–H and O–H groups in total. The van der Waals surface area contributed by atoms with E-state index in [4.69, 9.17) is 49.0 Å². The number of carbonyl (C=O) groups excluding carboxylic acids is 3. The lowest BCUT2D eigenvalue weighted by Gasteiger charge is -2.24. The van der Waals surface area contributed by atoms with E-state index in [0.717, 1.165) is 12.8 Å². The molecule has 0 aliphatic carbocycles. The molecular formula is C20H25Cl3N2O7. The number of unbranched alkanes of at least 4 members (excludes halogenated alkanes) is 1. The van der Waals surface area contributed by atoms with E-state index >= 15 is 0 Å². The van der Waals surface area contributed by atoms with Crippen molar-refractivity contribution in [3.05, 3.63) is 17.7 Å². The Hall–Kier alpha value is -1.94. The largest absolute Gasteiger partial charge is 0.493 e. The molecule has 1 aromatic carbocycles. The third-order valence-electron chi connectivity index (χ3n) is 4.62. The second-order valence-electron chi connectivity index (χ2n) is 7.08. The Balaban J connectivity index is 2.39. The van der Waals surface area contributed by atoms with Crippen LogP contribution in [0.2, 0.25) is 0 Å². The second-order valence-corrected chi connectivity index (χ2v) is 9.60. The van der Waals surface area contributed by atoms with Crippen molar-refractivity contribution >= 4 is 58.3 Å². The molecule has 1 saturated heterocycles. The lowest BCUT2D eigenvalue weighted by Crippen LogP contribution is -2.38. The summed E-state index contributed by atoms with van der Waals surface area (Å²) in [6, 6.07) is 2.15. The molecular weight excluding hydrogens is 487 g/mol. The molecule has 0 bridgehead atoms. The number of rotatable bonds is 9. The van der Waals surface area contributed by atoms with Crippen molar-refractivity contribution in [1.82, 2.24) is 4.90 Å². The van der Waals surface area contributed by atoms with Crippen LogP contribution < -0.4 is 14.8 Å². The van der Waals surface area contributed by atoms with Crippen LogP contribution in [-0.4, -0.2) is 71.1 Å². The maximum Gasteiger partial charge on any atom is 0.411 e. The molecule has 1 aliphatic heterocycles. The van der Waals surface area contributed by atoms with Gasteiger partial charge in [-0.15, -0.1) is 0 Å². The van der Waals surface area contributed by atoms with Gasteiger partial charge in [0.05, 0.1) is 44.2 Å². The zero-order chi connectivity index (χ0) is 23.9. The van der Waals surface area contributed by atoms with Crippen molar-refractivity contribution in [2.24, 2.45) is 0 Å². The molecule has 1 aliphatic rings. The van der Waals surface area contributed by atoms with Gasteiger partial charge in [0.15, 0.2) is 17.3 Å². The highest BCUT2D eigenvalue weighted by molar-refractivity contribution is 6.67. The number of aliphatic hydroxyl groups is 1. The van der Waals surface area contributed by atoms with Gasteiger partial charge in [-0.3, -0.25) is 14.9 Å². The maximum atomic E-state index is 13.2. The lowest BCUT2D eigenvalue weighted by molar-refractivity contribution is -0.116. The molecule has 0 unspecified atom stereocenters. The van der Waals surface area contributed by atoms with E-state index in [2.05, 4.69) is 5.32 Å². The fourth-order valence-corrected chi connectivity index (χ4v) is 3.21. The van der Waals surface area contributed by atoms with E-state index in [1.165, 1.54) is 24.1 Å². The zero-order valence-electron chi connectivity index (χ0n) is 17.7. The number of carbonyl (C=O) groups is 3.